The maximum Gasteiger partial charge on any atom is 0.225 e. The standard InChI is InChI=1S/C13H20N2OS/c1-3-4-10(14)9-13(16)15-11-5-7-12(17-2)8-6-11/h5-8,10H,3-4,9,14H2,1-2H3,(H,15,16). The first-order valence-electron chi connectivity index (χ1n) is 5.85. The molecule has 0 aliphatic heterocycles. The van der Waals surface area contributed by atoms with Crippen molar-refractivity contribution < 1.29 is 4.79 Å². The third-order valence-corrected chi connectivity index (χ3v) is 3.22. The molecule has 0 aromatic heterocycles. The Hall–Kier alpha value is -1.00. The second-order valence-corrected chi connectivity index (χ2v) is 4.91. The zero-order valence-corrected chi connectivity index (χ0v) is 11.2. The predicted molar refractivity (Wildman–Crippen MR) is 74.4 cm³/mol. The number of nitrogens with two attached hydrogens (primary N) is 1. The van der Waals surface area contributed by atoms with Gasteiger partial charge >= 0.3 is 0 Å². The molecular formula is C13H20N2OS. The van der Waals surface area contributed by atoms with Gasteiger partial charge < -0.3 is 11.1 Å². The van der Waals surface area contributed by atoms with E-state index in [1.54, 1.807) is 11.8 Å². The molecule has 0 spiro atoms. The molecule has 17 heavy (non-hydrogen) atoms. The first-order chi connectivity index (χ1) is 8.15. The third kappa shape index (κ3) is 5.24. The fourth-order valence-corrected chi connectivity index (χ4v) is 2.01. The maximum absolute atomic E-state index is 11.7. The van der Waals surface area contributed by atoms with Gasteiger partial charge in [-0.3, -0.25) is 4.79 Å². The summed E-state index contributed by atoms with van der Waals surface area (Å²) in [4.78, 5) is 12.8. The number of thioether (sulfide) groups is 1. The van der Waals surface area contributed by atoms with Crippen LogP contribution >= 0.6 is 11.8 Å². The Morgan fingerprint density at radius 1 is 1.41 bits per heavy atom. The number of benzene rings is 1. The van der Waals surface area contributed by atoms with E-state index >= 15 is 0 Å². The third-order valence-electron chi connectivity index (χ3n) is 2.48. The fourth-order valence-electron chi connectivity index (χ4n) is 1.60. The number of carbonyl (C=O) groups is 1. The van der Waals surface area contributed by atoms with E-state index in [0.717, 1.165) is 18.5 Å². The second-order valence-electron chi connectivity index (χ2n) is 4.03. The lowest BCUT2D eigenvalue weighted by Gasteiger charge is -2.10. The van der Waals surface area contributed by atoms with Gasteiger partial charge in [0.25, 0.3) is 0 Å². The summed E-state index contributed by atoms with van der Waals surface area (Å²) < 4.78 is 0. The van der Waals surface area contributed by atoms with Gasteiger partial charge in [-0.05, 0) is 36.9 Å². The predicted octanol–water partition coefficient (Wildman–Crippen LogP) is 2.86. The molecule has 3 nitrogen and oxygen atoms in total. The van der Waals surface area contributed by atoms with Crippen molar-refractivity contribution in [1.82, 2.24) is 0 Å². The molecule has 1 unspecified atom stereocenters. The summed E-state index contributed by atoms with van der Waals surface area (Å²) in [7, 11) is 0. The molecule has 1 aromatic rings. The summed E-state index contributed by atoms with van der Waals surface area (Å²) in [6.45, 7) is 2.07. The molecule has 0 saturated carbocycles. The van der Waals surface area contributed by atoms with Crippen molar-refractivity contribution >= 4 is 23.4 Å². The number of carbonyl (C=O) groups excluding carboxylic acids is 1. The largest absolute Gasteiger partial charge is 0.327 e. The van der Waals surface area contributed by atoms with Crippen molar-refractivity contribution in [2.45, 2.75) is 37.1 Å². The zero-order chi connectivity index (χ0) is 12.7. The van der Waals surface area contributed by atoms with Crippen molar-refractivity contribution in [2.75, 3.05) is 11.6 Å². The van der Waals surface area contributed by atoms with Crippen LogP contribution in [0.15, 0.2) is 29.2 Å². The molecule has 0 fully saturated rings. The highest BCUT2D eigenvalue weighted by Crippen LogP contribution is 2.17. The van der Waals surface area contributed by atoms with Crippen LogP contribution in [0.2, 0.25) is 0 Å². The van der Waals surface area contributed by atoms with Crippen molar-refractivity contribution in [3.63, 3.8) is 0 Å². The maximum atomic E-state index is 11.7. The SMILES string of the molecule is CCCC(N)CC(=O)Nc1ccc(SC)cc1. The Morgan fingerprint density at radius 3 is 2.59 bits per heavy atom. The Kier molecular flexibility index (Phi) is 6.08. The van der Waals surface area contributed by atoms with E-state index < -0.39 is 0 Å². The molecule has 1 amide bonds. The molecule has 0 bridgehead atoms. The summed E-state index contributed by atoms with van der Waals surface area (Å²) in [5.74, 6) is -0.0112. The van der Waals surface area contributed by atoms with Crippen molar-refractivity contribution in [1.29, 1.82) is 0 Å². The van der Waals surface area contributed by atoms with Crippen LogP contribution in [0.3, 0.4) is 0 Å². The van der Waals surface area contributed by atoms with Gasteiger partial charge in [-0.15, -0.1) is 11.8 Å². The highest BCUT2D eigenvalue weighted by atomic mass is 32.2. The van der Waals surface area contributed by atoms with E-state index in [9.17, 15) is 4.79 Å². The quantitative estimate of drug-likeness (QED) is 0.765. The van der Waals surface area contributed by atoms with Crippen LogP contribution in [-0.2, 0) is 4.79 Å². The molecule has 0 radical (unpaired) electrons. The van der Waals surface area contributed by atoms with Gasteiger partial charge in [0.1, 0.15) is 0 Å². The first kappa shape index (κ1) is 14.1. The van der Waals surface area contributed by atoms with Crippen LogP contribution in [0, 0.1) is 0 Å². The van der Waals surface area contributed by atoms with Gasteiger partial charge in [0.2, 0.25) is 5.91 Å². The molecule has 0 heterocycles. The topological polar surface area (TPSA) is 55.1 Å². The van der Waals surface area contributed by atoms with Crippen LogP contribution in [0.1, 0.15) is 26.2 Å². The molecule has 1 atom stereocenters. The first-order valence-corrected chi connectivity index (χ1v) is 7.07. The monoisotopic (exact) mass is 252 g/mol. The van der Waals surface area contributed by atoms with Crippen molar-refractivity contribution in [3.05, 3.63) is 24.3 Å². The molecule has 4 heteroatoms. The number of hydrogen-bond donors (Lipinski definition) is 2. The lowest BCUT2D eigenvalue weighted by Crippen LogP contribution is -2.26. The van der Waals surface area contributed by atoms with Gasteiger partial charge in [0.15, 0.2) is 0 Å². The number of rotatable bonds is 6. The summed E-state index contributed by atoms with van der Waals surface area (Å²) in [5, 5.41) is 2.85. The average molecular weight is 252 g/mol. The van der Waals surface area contributed by atoms with Gasteiger partial charge in [-0.2, -0.15) is 0 Å². The molecule has 0 saturated heterocycles. The summed E-state index contributed by atoms with van der Waals surface area (Å²) in [5.41, 5.74) is 6.65. The summed E-state index contributed by atoms with van der Waals surface area (Å²) >= 11 is 1.68. The van der Waals surface area contributed by atoms with Crippen LogP contribution in [0.4, 0.5) is 5.69 Å². The molecule has 94 valence electrons. The fraction of sp³-hybridized carbons (Fsp3) is 0.462. The summed E-state index contributed by atoms with van der Waals surface area (Å²) in [6, 6.07) is 7.77. The number of anilines is 1. The zero-order valence-electron chi connectivity index (χ0n) is 10.4. The summed E-state index contributed by atoms with van der Waals surface area (Å²) in [6.07, 6.45) is 4.31. The molecule has 0 aliphatic rings. The normalized spacial score (nSPS) is 12.2. The van der Waals surface area contributed by atoms with E-state index in [1.807, 2.05) is 30.5 Å². The number of nitrogens with one attached hydrogen (secondary N) is 1. The molecule has 1 rings (SSSR count). The van der Waals surface area contributed by atoms with E-state index in [1.165, 1.54) is 4.90 Å². The van der Waals surface area contributed by atoms with Crippen molar-refractivity contribution in [3.8, 4) is 0 Å². The minimum atomic E-state index is -0.0366. The highest BCUT2D eigenvalue weighted by Gasteiger charge is 2.08. The minimum Gasteiger partial charge on any atom is -0.327 e. The van der Waals surface area contributed by atoms with Gasteiger partial charge in [0, 0.05) is 23.0 Å². The lowest BCUT2D eigenvalue weighted by atomic mass is 10.1. The van der Waals surface area contributed by atoms with Gasteiger partial charge in [-0.25, -0.2) is 0 Å². The second kappa shape index (κ2) is 7.35. The number of hydrogen-bond acceptors (Lipinski definition) is 3. The van der Waals surface area contributed by atoms with Crippen LogP contribution < -0.4 is 11.1 Å². The molecule has 3 N–H and O–H groups in total. The highest BCUT2D eigenvalue weighted by molar-refractivity contribution is 7.98. The molecule has 1 aromatic carbocycles. The Morgan fingerprint density at radius 2 is 2.06 bits per heavy atom. The van der Waals surface area contributed by atoms with Crippen LogP contribution in [0.25, 0.3) is 0 Å². The minimum absolute atomic E-state index is 0.0112. The smallest absolute Gasteiger partial charge is 0.225 e. The number of amides is 1. The van der Waals surface area contributed by atoms with E-state index in [0.29, 0.717) is 6.42 Å². The van der Waals surface area contributed by atoms with Gasteiger partial charge in [0.05, 0.1) is 0 Å². The Labute approximate surface area is 107 Å². The molecule has 0 aliphatic carbocycles. The van der Waals surface area contributed by atoms with E-state index in [-0.39, 0.29) is 11.9 Å². The Balaban J connectivity index is 2.44. The van der Waals surface area contributed by atoms with E-state index in [4.69, 9.17) is 5.73 Å². The lowest BCUT2D eigenvalue weighted by molar-refractivity contribution is -0.116. The van der Waals surface area contributed by atoms with Crippen LogP contribution in [0.5, 0.6) is 0 Å². The average Bonchev–Trinajstić information content (AvgIpc) is 2.30. The van der Waals surface area contributed by atoms with Gasteiger partial charge in [-0.1, -0.05) is 13.3 Å². The van der Waals surface area contributed by atoms with Crippen LogP contribution in [-0.4, -0.2) is 18.2 Å². The van der Waals surface area contributed by atoms with Crippen molar-refractivity contribution in [2.24, 2.45) is 5.73 Å². The van der Waals surface area contributed by atoms with E-state index in [2.05, 4.69) is 12.2 Å². The molecular weight excluding hydrogens is 232 g/mol. The Bertz CT molecular complexity index is 351.